The third-order valence-corrected chi connectivity index (χ3v) is 3.65. The Bertz CT molecular complexity index is 724. The molecule has 0 radical (unpaired) electrons. The smallest absolute Gasteiger partial charge is 0.135 e. The first-order chi connectivity index (χ1) is 10.3. The summed E-state index contributed by atoms with van der Waals surface area (Å²) >= 11 is 5.58. The third-order valence-electron chi connectivity index (χ3n) is 3.29. The van der Waals surface area contributed by atoms with Crippen molar-refractivity contribution in [2.75, 3.05) is 17.7 Å². The number of benzene rings is 2. The van der Waals surface area contributed by atoms with Crippen molar-refractivity contribution in [3.8, 4) is 11.3 Å². The summed E-state index contributed by atoms with van der Waals surface area (Å²) in [5, 5.41) is 13.7. The summed E-state index contributed by atoms with van der Waals surface area (Å²) in [7, 11) is 0. The number of alkyl halides is 1. The summed E-state index contributed by atoms with van der Waals surface area (Å²) in [6.07, 6.45) is -0.549. The number of nitrogens with one attached hydrogen (secondary N) is 1. The average Bonchev–Trinajstić information content (AvgIpc) is 2.96. The van der Waals surface area contributed by atoms with Crippen molar-refractivity contribution in [1.82, 2.24) is 0 Å². The Morgan fingerprint density at radius 3 is 2.67 bits per heavy atom. The van der Waals surface area contributed by atoms with Gasteiger partial charge in [-0.2, -0.15) is 0 Å². The van der Waals surface area contributed by atoms with Gasteiger partial charge in [-0.1, -0.05) is 30.3 Å². The second-order valence-electron chi connectivity index (χ2n) is 4.92. The van der Waals surface area contributed by atoms with Crippen molar-refractivity contribution in [2.45, 2.75) is 6.10 Å². The molecule has 108 valence electrons. The summed E-state index contributed by atoms with van der Waals surface area (Å²) in [5.41, 5.74) is 2.84. The maximum atomic E-state index is 9.47. The van der Waals surface area contributed by atoms with Crippen molar-refractivity contribution in [3.63, 3.8) is 0 Å². The monoisotopic (exact) mass is 301 g/mol. The van der Waals surface area contributed by atoms with Gasteiger partial charge >= 0.3 is 0 Å². The van der Waals surface area contributed by atoms with Crippen molar-refractivity contribution in [2.24, 2.45) is 0 Å². The van der Waals surface area contributed by atoms with Gasteiger partial charge in [0.15, 0.2) is 0 Å². The second-order valence-corrected chi connectivity index (χ2v) is 5.23. The lowest BCUT2D eigenvalue weighted by atomic mass is 10.1. The van der Waals surface area contributed by atoms with Crippen LogP contribution in [0.5, 0.6) is 0 Å². The van der Waals surface area contributed by atoms with Crippen LogP contribution in [-0.2, 0) is 0 Å². The summed E-state index contributed by atoms with van der Waals surface area (Å²) in [6.45, 7) is 0.429. The van der Waals surface area contributed by atoms with E-state index in [-0.39, 0.29) is 5.88 Å². The van der Waals surface area contributed by atoms with E-state index in [1.165, 1.54) is 0 Å². The van der Waals surface area contributed by atoms with E-state index in [0.29, 0.717) is 6.54 Å². The average molecular weight is 302 g/mol. The van der Waals surface area contributed by atoms with E-state index < -0.39 is 6.10 Å². The molecule has 1 unspecified atom stereocenters. The Morgan fingerprint density at radius 2 is 1.90 bits per heavy atom. The molecule has 0 saturated heterocycles. The van der Waals surface area contributed by atoms with E-state index >= 15 is 0 Å². The molecule has 1 atom stereocenters. The topological polar surface area (TPSA) is 45.4 Å². The molecule has 3 aromatic rings. The Morgan fingerprint density at radius 1 is 1.10 bits per heavy atom. The molecule has 0 bridgehead atoms. The van der Waals surface area contributed by atoms with Crippen LogP contribution in [0.15, 0.2) is 59.0 Å². The Labute approximate surface area is 128 Å². The van der Waals surface area contributed by atoms with Gasteiger partial charge in [0.2, 0.25) is 0 Å². The number of hydrogen-bond acceptors (Lipinski definition) is 3. The standard InChI is InChI=1S/C17H16ClNO2/c18-10-15(20)11-19-14-6-7-16-13(8-14)9-17(21-16)12-4-2-1-3-5-12/h1-9,15,19-20H,10-11H2. The molecule has 0 amide bonds. The molecule has 2 N–H and O–H groups in total. The number of aliphatic hydroxyl groups is 1. The summed E-state index contributed by atoms with van der Waals surface area (Å²) < 4.78 is 5.86. The van der Waals surface area contributed by atoms with Crippen LogP contribution in [0.4, 0.5) is 5.69 Å². The van der Waals surface area contributed by atoms with Crippen LogP contribution in [0.2, 0.25) is 0 Å². The normalized spacial score (nSPS) is 12.5. The maximum absolute atomic E-state index is 9.47. The van der Waals surface area contributed by atoms with Crippen LogP contribution in [-0.4, -0.2) is 23.6 Å². The van der Waals surface area contributed by atoms with Gasteiger partial charge in [-0.25, -0.2) is 0 Å². The maximum Gasteiger partial charge on any atom is 0.135 e. The zero-order chi connectivity index (χ0) is 14.7. The Hall–Kier alpha value is -1.97. The van der Waals surface area contributed by atoms with E-state index in [2.05, 4.69) is 5.32 Å². The molecule has 21 heavy (non-hydrogen) atoms. The van der Waals surface area contributed by atoms with Gasteiger partial charge in [0, 0.05) is 23.2 Å². The van der Waals surface area contributed by atoms with Crippen molar-refractivity contribution in [3.05, 3.63) is 54.6 Å². The fourth-order valence-corrected chi connectivity index (χ4v) is 2.30. The molecule has 2 aromatic carbocycles. The van der Waals surface area contributed by atoms with E-state index in [1.807, 2.05) is 54.6 Å². The largest absolute Gasteiger partial charge is 0.456 e. The number of fused-ring (bicyclic) bond motifs is 1. The Kier molecular flexibility index (Phi) is 4.13. The highest BCUT2D eigenvalue weighted by Crippen LogP contribution is 2.29. The van der Waals surface area contributed by atoms with Gasteiger partial charge < -0.3 is 14.8 Å². The fourth-order valence-electron chi connectivity index (χ4n) is 2.19. The first-order valence-corrected chi connectivity index (χ1v) is 7.36. The summed E-state index contributed by atoms with van der Waals surface area (Å²) in [4.78, 5) is 0. The molecule has 0 fully saturated rings. The van der Waals surface area contributed by atoms with Crippen LogP contribution >= 0.6 is 11.6 Å². The third kappa shape index (κ3) is 3.20. The molecule has 1 heterocycles. The van der Waals surface area contributed by atoms with Crippen molar-refractivity contribution < 1.29 is 9.52 Å². The second kappa shape index (κ2) is 6.20. The lowest BCUT2D eigenvalue weighted by Gasteiger charge is -2.09. The fraction of sp³-hybridized carbons (Fsp3) is 0.176. The van der Waals surface area contributed by atoms with Gasteiger partial charge in [0.1, 0.15) is 11.3 Å². The number of hydrogen-bond donors (Lipinski definition) is 2. The minimum Gasteiger partial charge on any atom is -0.456 e. The number of rotatable bonds is 5. The first-order valence-electron chi connectivity index (χ1n) is 6.83. The predicted molar refractivity (Wildman–Crippen MR) is 86.9 cm³/mol. The van der Waals surface area contributed by atoms with E-state index in [4.69, 9.17) is 16.0 Å². The number of anilines is 1. The molecule has 3 rings (SSSR count). The van der Waals surface area contributed by atoms with Crippen LogP contribution in [0.3, 0.4) is 0 Å². The van der Waals surface area contributed by atoms with Gasteiger partial charge in [-0.15, -0.1) is 11.6 Å². The molecule has 0 saturated carbocycles. The summed E-state index contributed by atoms with van der Waals surface area (Å²) in [6, 6.07) is 17.9. The SMILES string of the molecule is OC(CCl)CNc1ccc2oc(-c3ccccc3)cc2c1. The van der Waals surface area contributed by atoms with Gasteiger partial charge in [-0.05, 0) is 24.3 Å². The molecular formula is C17H16ClNO2. The minimum absolute atomic E-state index is 0.221. The zero-order valence-electron chi connectivity index (χ0n) is 11.4. The zero-order valence-corrected chi connectivity index (χ0v) is 12.2. The van der Waals surface area contributed by atoms with Crippen LogP contribution < -0.4 is 5.32 Å². The minimum atomic E-state index is -0.549. The van der Waals surface area contributed by atoms with Crippen LogP contribution in [0, 0.1) is 0 Å². The Balaban J connectivity index is 1.85. The van der Waals surface area contributed by atoms with Gasteiger partial charge in [0.05, 0.1) is 12.0 Å². The number of furan rings is 1. The molecule has 1 aromatic heterocycles. The van der Waals surface area contributed by atoms with Crippen molar-refractivity contribution >= 4 is 28.3 Å². The number of aliphatic hydroxyl groups excluding tert-OH is 1. The molecule has 0 aliphatic carbocycles. The highest BCUT2D eigenvalue weighted by atomic mass is 35.5. The van der Waals surface area contributed by atoms with Gasteiger partial charge in [-0.3, -0.25) is 0 Å². The highest BCUT2D eigenvalue weighted by molar-refractivity contribution is 6.18. The van der Waals surface area contributed by atoms with Gasteiger partial charge in [0.25, 0.3) is 0 Å². The summed E-state index contributed by atoms with van der Waals surface area (Å²) in [5.74, 6) is 1.07. The van der Waals surface area contributed by atoms with Crippen LogP contribution in [0.25, 0.3) is 22.3 Å². The molecule has 0 aliphatic rings. The molecular weight excluding hydrogens is 286 g/mol. The van der Waals surface area contributed by atoms with E-state index in [1.54, 1.807) is 0 Å². The molecule has 3 nitrogen and oxygen atoms in total. The lowest BCUT2D eigenvalue weighted by Crippen LogP contribution is -2.20. The first kappa shape index (κ1) is 14.0. The molecule has 0 spiro atoms. The van der Waals surface area contributed by atoms with E-state index in [9.17, 15) is 5.11 Å². The van der Waals surface area contributed by atoms with Crippen LogP contribution in [0.1, 0.15) is 0 Å². The molecule has 4 heteroatoms. The predicted octanol–water partition coefficient (Wildman–Crippen LogP) is 4.11. The molecule has 0 aliphatic heterocycles. The van der Waals surface area contributed by atoms with Crippen molar-refractivity contribution in [1.29, 1.82) is 0 Å². The number of halogens is 1. The lowest BCUT2D eigenvalue weighted by molar-refractivity contribution is 0.211. The highest BCUT2D eigenvalue weighted by Gasteiger charge is 2.07. The van der Waals surface area contributed by atoms with E-state index in [0.717, 1.165) is 28.0 Å². The quantitative estimate of drug-likeness (QED) is 0.697.